The molecule has 2 rings (SSSR count). The molecule has 0 saturated heterocycles. The highest BCUT2D eigenvalue weighted by Gasteiger charge is 2.36. The molecule has 0 radical (unpaired) electrons. The first-order valence-electron chi connectivity index (χ1n) is 15.2. The molecular weight excluding hydrogens is 534 g/mol. The van der Waals surface area contributed by atoms with E-state index >= 15 is 0 Å². The van der Waals surface area contributed by atoms with Gasteiger partial charge in [0.1, 0.15) is 6.61 Å². The molecule has 2 unspecified atom stereocenters. The fourth-order valence-corrected chi connectivity index (χ4v) is 4.78. The molecule has 0 aliphatic heterocycles. The number of benzene rings is 2. The lowest BCUT2D eigenvalue weighted by molar-refractivity contribution is -0.172. The first-order chi connectivity index (χ1) is 20.1. The van der Waals surface area contributed by atoms with Crippen molar-refractivity contribution in [3.63, 3.8) is 0 Å². The number of rotatable bonds is 21. The first-order valence-corrected chi connectivity index (χ1v) is 15.2. The summed E-state index contributed by atoms with van der Waals surface area (Å²) in [7, 11) is 0. The smallest absolute Gasteiger partial charge is 0.336 e. The summed E-state index contributed by atoms with van der Waals surface area (Å²) in [6, 6.07) is 13.0. The summed E-state index contributed by atoms with van der Waals surface area (Å²) in [5, 5.41) is 21.4. The van der Waals surface area contributed by atoms with E-state index in [0.717, 1.165) is 57.8 Å². The van der Waals surface area contributed by atoms with Gasteiger partial charge >= 0.3 is 11.9 Å². The van der Waals surface area contributed by atoms with Crippen LogP contribution in [0.5, 0.6) is 0 Å². The van der Waals surface area contributed by atoms with Crippen LogP contribution >= 0.6 is 0 Å². The van der Waals surface area contributed by atoms with Crippen molar-refractivity contribution in [2.24, 2.45) is 0 Å². The summed E-state index contributed by atoms with van der Waals surface area (Å²) >= 11 is 0. The Labute approximate surface area is 250 Å². The van der Waals surface area contributed by atoms with Crippen molar-refractivity contribution in [2.75, 3.05) is 19.8 Å². The fourth-order valence-electron chi connectivity index (χ4n) is 4.78. The van der Waals surface area contributed by atoms with Crippen LogP contribution in [-0.2, 0) is 36.7 Å². The van der Waals surface area contributed by atoms with Gasteiger partial charge in [-0.2, -0.15) is 0 Å². The molecule has 0 bridgehead atoms. The molecule has 2 aromatic carbocycles. The van der Waals surface area contributed by atoms with Crippen molar-refractivity contribution < 1.29 is 34.1 Å². The maximum atomic E-state index is 12.9. The van der Waals surface area contributed by atoms with E-state index in [9.17, 15) is 19.5 Å². The van der Waals surface area contributed by atoms with Gasteiger partial charge in [0.05, 0.1) is 0 Å². The number of carboxylic acid groups (broad SMARTS) is 2. The van der Waals surface area contributed by atoms with Crippen molar-refractivity contribution in [2.45, 2.75) is 104 Å². The molecule has 42 heavy (non-hydrogen) atoms. The molecule has 0 heterocycles. The van der Waals surface area contributed by atoms with Crippen molar-refractivity contribution in [1.82, 2.24) is 5.32 Å². The predicted molar refractivity (Wildman–Crippen MR) is 164 cm³/mol. The van der Waals surface area contributed by atoms with Crippen LogP contribution in [-0.4, -0.2) is 60.0 Å². The molecule has 0 spiro atoms. The second-order valence-electron chi connectivity index (χ2n) is 11.2. The summed E-state index contributed by atoms with van der Waals surface area (Å²) in [6.07, 6.45) is 6.21. The molecule has 8 heteroatoms. The van der Waals surface area contributed by atoms with Crippen molar-refractivity contribution >= 4 is 17.8 Å². The molecular formula is C34H49NO7. The minimum atomic E-state index is -1.71. The second-order valence-corrected chi connectivity index (χ2v) is 11.2. The third-order valence-electron chi connectivity index (χ3n) is 7.65. The van der Waals surface area contributed by atoms with Crippen LogP contribution in [0, 0.1) is 27.7 Å². The molecule has 2 atom stereocenters. The number of carbonyl (C=O) groups excluding carboxylic acids is 1. The summed E-state index contributed by atoms with van der Waals surface area (Å²) in [6.45, 7) is 8.16. The normalized spacial score (nSPS) is 12.6. The molecule has 0 fully saturated rings. The zero-order valence-corrected chi connectivity index (χ0v) is 25.7. The van der Waals surface area contributed by atoms with Crippen LogP contribution < -0.4 is 5.32 Å². The summed E-state index contributed by atoms with van der Waals surface area (Å²) in [5.41, 5.74) is 7.77. The topological polar surface area (TPSA) is 122 Å². The van der Waals surface area contributed by atoms with Crippen molar-refractivity contribution in [3.05, 3.63) is 69.8 Å². The number of hydrogen-bond donors (Lipinski definition) is 3. The number of carbonyl (C=O) groups is 3. The average molecular weight is 584 g/mol. The van der Waals surface area contributed by atoms with E-state index in [1.165, 1.54) is 33.4 Å². The van der Waals surface area contributed by atoms with Crippen LogP contribution in [0.15, 0.2) is 36.4 Å². The third-order valence-corrected chi connectivity index (χ3v) is 7.65. The monoisotopic (exact) mass is 583 g/mol. The van der Waals surface area contributed by atoms with Crippen molar-refractivity contribution in [1.29, 1.82) is 0 Å². The van der Waals surface area contributed by atoms with E-state index < -0.39 is 36.7 Å². The SMILES string of the molecule is Cc1ccc(CCCCCCCNC(=O)C(OCCCCCc2ccc(C)c(C)c2)C(OCC(=O)O)C(=O)O)cc1C. The fraction of sp³-hybridized carbons (Fsp3) is 0.559. The Bertz CT molecular complexity index is 1150. The zero-order chi connectivity index (χ0) is 30.9. The van der Waals surface area contributed by atoms with E-state index in [2.05, 4.69) is 69.4 Å². The molecule has 2 aromatic rings. The highest BCUT2D eigenvalue weighted by molar-refractivity contribution is 5.88. The largest absolute Gasteiger partial charge is 0.480 e. The summed E-state index contributed by atoms with van der Waals surface area (Å²) in [5.74, 6) is -3.35. The van der Waals surface area contributed by atoms with Gasteiger partial charge in [-0.3, -0.25) is 4.79 Å². The number of amides is 1. The molecule has 3 N–H and O–H groups in total. The van der Waals surface area contributed by atoms with Crippen molar-refractivity contribution in [3.8, 4) is 0 Å². The van der Waals surface area contributed by atoms with Crippen LogP contribution in [0.3, 0.4) is 0 Å². The van der Waals surface area contributed by atoms with Gasteiger partial charge in [0.2, 0.25) is 0 Å². The number of aliphatic carboxylic acids is 2. The third kappa shape index (κ3) is 13.2. The predicted octanol–water partition coefficient (Wildman–Crippen LogP) is 5.88. The Morgan fingerprint density at radius 1 is 0.667 bits per heavy atom. The Kier molecular flexibility index (Phi) is 15.9. The number of nitrogens with one attached hydrogen (secondary N) is 1. The Balaban J connectivity index is 1.74. The van der Waals surface area contributed by atoms with Crippen LogP contribution in [0.1, 0.15) is 84.7 Å². The minimum Gasteiger partial charge on any atom is -0.480 e. The number of carboxylic acids is 2. The highest BCUT2D eigenvalue weighted by Crippen LogP contribution is 2.15. The molecule has 232 valence electrons. The molecule has 0 saturated carbocycles. The highest BCUT2D eigenvalue weighted by atomic mass is 16.6. The second kappa shape index (κ2) is 19.1. The molecule has 0 aromatic heterocycles. The Morgan fingerprint density at radius 2 is 1.19 bits per heavy atom. The summed E-state index contributed by atoms with van der Waals surface area (Å²) < 4.78 is 10.7. The van der Waals surface area contributed by atoms with E-state index in [1.807, 2.05) is 0 Å². The molecule has 8 nitrogen and oxygen atoms in total. The quantitative estimate of drug-likeness (QED) is 0.157. The maximum Gasteiger partial charge on any atom is 0.336 e. The average Bonchev–Trinajstić information content (AvgIpc) is 2.94. The van der Waals surface area contributed by atoms with Gasteiger partial charge in [-0.25, -0.2) is 9.59 Å². The number of hydrogen-bond acceptors (Lipinski definition) is 5. The van der Waals surface area contributed by atoms with Gasteiger partial charge in [0.25, 0.3) is 5.91 Å². The zero-order valence-electron chi connectivity index (χ0n) is 25.7. The Hall–Kier alpha value is -3.23. The van der Waals surface area contributed by atoms with Gasteiger partial charge < -0.3 is 25.0 Å². The molecule has 1 amide bonds. The van der Waals surface area contributed by atoms with Gasteiger partial charge in [-0.05, 0) is 99.6 Å². The standard InChI is InChI=1S/C34H49NO7/c1-24-15-17-28(21-26(24)3)13-9-6-5-7-11-19-35-33(38)31(32(34(39)40)42-23-30(36)37)41-20-12-8-10-14-29-18-16-25(2)27(4)22-29/h15-18,21-22,31-32H,5-14,19-20,23H2,1-4H3,(H,35,38)(H,36,37)(H,39,40). The molecule has 0 aliphatic carbocycles. The summed E-state index contributed by atoms with van der Waals surface area (Å²) in [4.78, 5) is 35.7. The molecule has 0 aliphatic rings. The van der Waals surface area contributed by atoms with Crippen LogP contribution in [0.2, 0.25) is 0 Å². The van der Waals surface area contributed by atoms with E-state index in [0.29, 0.717) is 13.0 Å². The van der Waals surface area contributed by atoms with E-state index in [4.69, 9.17) is 14.6 Å². The lowest BCUT2D eigenvalue weighted by Gasteiger charge is -2.23. The van der Waals surface area contributed by atoms with Crippen LogP contribution in [0.25, 0.3) is 0 Å². The van der Waals surface area contributed by atoms with Gasteiger partial charge in [-0.15, -0.1) is 0 Å². The lowest BCUT2D eigenvalue weighted by atomic mass is 10.0. The number of aryl methyl sites for hydroxylation is 6. The van der Waals surface area contributed by atoms with Gasteiger partial charge in [0, 0.05) is 13.2 Å². The van der Waals surface area contributed by atoms with Gasteiger partial charge in [-0.1, -0.05) is 62.1 Å². The van der Waals surface area contributed by atoms with Crippen LogP contribution in [0.4, 0.5) is 0 Å². The lowest BCUT2D eigenvalue weighted by Crippen LogP contribution is -2.49. The van der Waals surface area contributed by atoms with Gasteiger partial charge in [0.15, 0.2) is 12.2 Å². The Morgan fingerprint density at radius 3 is 1.71 bits per heavy atom. The van der Waals surface area contributed by atoms with E-state index in [-0.39, 0.29) is 6.61 Å². The number of unbranched alkanes of at least 4 members (excludes halogenated alkanes) is 6. The first kappa shape index (κ1) is 35.0. The van der Waals surface area contributed by atoms with E-state index in [1.54, 1.807) is 0 Å². The minimum absolute atomic E-state index is 0.172. The number of ether oxygens (including phenoxy) is 2. The maximum absolute atomic E-state index is 12.9.